The number of nitrogens with one attached hydrogen (secondary N) is 2. The highest BCUT2D eigenvalue weighted by Crippen LogP contribution is 2.31. The van der Waals surface area contributed by atoms with E-state index in [0.29, 0.717) is 36.2 Å². The van der Waals surface area contributed by atoms with Crippen molar-refractivity contribution in [2.75, 3.05) is 49.4 Å². The van der Waals surface area contributed by atoms with Gasteiger partial charge in [-0.1, -0.05) is 12.1 Å². The van der Waals surface area contributed by atoms with Gasteiger partial charge in [-0.15, -0.1) is 0 Å². The molecule has 0 saturated heterocycles. The van der Waals surface area contributed by atoms with Gasteiger partial charge in [-0.05, 0) is 25.1 Å². The van der Waals surface area contributed by atoms with Gasteiger partial charge in [0.05, 0.1) is 29.9 Å². The van der Waals surface area contributed by atoms with Gasteiger partial charge < -0.3 is 29.9 Å². The molecule has 0 spiro atoms. The highest BCUT2D eigenvalue weighted by molar-refractivity contribution is 6.05. The minimum atomic E-state index is -0.460. The maximum atomic E-state index is 13.1. The molecule has 10 nitrogen and oxygen atoms in total. The lowest BCUT2D eigenvalue weighted by Crippen LogP contribution is -2.46. The van der Waals surface area contributed by atoms with Crippen LogP contribution in [0.2, 0.25) is 0 Å². The first-order valence-corrected chi connectivity index (χ1v) is 10.2. The van der Waals surface area contributed by atoms with Crippen molar-refractivity contribution in [3.05, 3.63) is 42.6 Å². The molecular formula is C22H27N5O5. The molecule has 2 aromatic rings. The standard InChI is InChI=1S/C22H27N5O5/c1-15-12-19(28)25-17-6-4-5-7-18(17)27(15)21(29)14-26(2)22(30)24-16-8-9-20(23-13-16)32-11-10-31-3/h4-9,13,15H,10-12,14H2,1-3H3,(H,24,30)(H,25,28)/t15-/m0/s1. The predicted octanol–water partition coefficient (Wildman–Crippen LogP) is 2.33. The van der Waals surface area contributed by atoms with Gasteiger partial charge in [0.15, 0.2) is 0 Å². The molecule has 1 atom stereocenters. The summed E-state index contributed by atoms with van der Waals surface area (Å²) in [6.07, 6.45) is 1.64. The lowest BCUT2D eigenvalue weighted by molar-refractivity contribution is -0.119. The second-order valence-electron chi connectivity index (χ2n) is 7.39. The Morgan fingerprint density at radius 1 is 1.25 bits per heavy atom. The van der Waals surface area contributed by atoms with Crippen LogP contribution in [0.5, 0.6) is 5.88 Å². The van der Waals surface area contributed by atoms with Crippen LogP contribution >= 0.6 is 0 Å². The first kappa shape index (κ1) is 23.0. The number of urea groups is 1. The molecule has 170 valence electrons. The van der Waals surface area contributed by atoms with E-state index in [0.717, 1.165) is 0 Å². The van der Waals surface area contributed by atoms with Crippen LogP contribution in [0.3, 0.4) is 0 Å². The van der Waals surface area contributed by atoms with Crippen LogP contribution in [0.15, 0.2) is 42.6 Å². The number of fused-ring (bicyclic) bond motifs is 1. The Morgan fingerprint density at radius 3 is 2.75 bits per heavy atom. The molecule has 0 saturated carbocycles. The van der Waals surface area contributed by atoms with Crippen molar-refractivity contribution >= 4 is 34.9 Å². The van der Waals surface area contributed by atoms with E-state index in [1.165, 1.54) is 18.1 Å². The zero-order valence-corrected chi connectivity index (χ0v) is 18.3. The second kappa shape index (κ2) is 10.6. The molecule has 1 aliphatic rings. The van der Waals surface area contributed by atoms with Crippen LogP contribution in [0.25, 0.3) is 0 Å². The van der Waals surface area contributed by atoms with Crippen molar-refractivity contribution in [1.82, 2.24) is 9.88 Å². The van der Waals surface area contributed by atoms with Crippen LogP contribution < -0.4 is 20.3 Å². The molecule has 3 rings (SSSR count). The van der Waals surface area contributed by atoms with Crippen molar-refractivity contribution in [3.63, 3.8) is 0 Å². The average Bonchev–Trinajstić information content (AvgIpc) is 2.89. The van der Waals surface area contributed by atoms with Crippen molar-refractivity contribution in [1.29, 1.82) is 0 Å². The molecule has 0 aliphatic carbocycles. The number of ether oxygens (including phenoxy) is 2. The van der Waals surface area contributed by atoms with Crippen LogP contribution in [-0.4, -0.2) is 67.7 Å². The number of carbonyl (C=O) groups excluding carboxylic acids is 3. The number of benzene rings is 1. The van der Waals surface area contributed by atoms with Crippen molar-refractivity contribution in [2.24, 2.45) is 0 Å². The maximum absolute atomic E-state index is 13.1. The molecule has 1 aliphatic heterocycles. The third-order valence-electron chi connectivity index (χ3n) is 4.87. The van der Waals surface area contributed by atoms with Crippen LogP contribution in [0.4, 0.5) is 21.9 Å². The zero-order valence-electron chi connectivity index (χ0n) is 18.3. The van der Waals surface area contributed by atoms with Crippen molar-refractivity contribution in [2.45, 2.75) is 19.4 Å². The fourth-order valence-corrected chi connectivity index (χ4v) is 3.31. The Bertz CT molecular complexity index is 965. The summed E-state index contributed by atoms with van der Waals surface area (Å²) in [5.74, 6) is -0.0341. The monoisotopic (exact) mass is 441 g/mol. The molecule has 0 radical (unpaired) electrons. The van der Waals surface area contributed by atoms with Gasteiger partial charge in [0, 0.05) is 32.7 Å². The highest BCUT2D eigenvalue weighted by Gasteiger charge is 2.30. The van der Waals surface area contributed by atoms with Gasteiger partial charge in [-0.3, -0.25) is 9.59 Å². The topological polar surface area (TPSA) is 113 Å². The van der Waals surface area contributed by atoms with Crippen LogP contribution in [0.1, 0.15) is 13.3 Å². The van der Waals surface area contributed by atoms with E-state index >= 15 is 0 Å². The lowest BCUT2D eigenvalue weighted by atomic mass is 10.1. The molecule has 1 aromatic heterocycles. The predicted molar refractivity (Wildman–Crippen MR) is 120 cm³/mol. The number of rotatable bonds is 7. The average molecular weight is 441 g/mol. The quantitative estimate of drug-likeness (QED) is 0.638. The van der Waals surface area contributed by atoms with Crippen molar-refractivity contribution in [3.8, 4) is 5.88 Å². The van der Waals surface area contributed by atoms with Gasteiger partial charge in [0.25, 0.3) is 0 Å². The third kappa shape index (κ3) is 5.73. The fraction of sp³-hybridized carbons (Fsp3) is 0.364. The number of methoxy groups -OCH3 is 1. The fourth-order valence-electron chi connectivity index (χ4n) is 3.31. The van der Waals surface area contributed by atoms with Gasteiger partial charge in [0.2, 0.25) is 17.7 Å². The molecule has 0 bridgehead atoms. The first-order chi connectivity index (χ1) is 15.4. The van der Waals surface area contributed by atoms with Crippen LogP contribution in [0, 0.1) is 0 Å². The molecule has 4 amide bonds. The Labute approximate surface area is 186 Å². The van der Waals surface area contributed by atoms with E-state index in [9.17, 15) is 14.4 Å². The molecule has 0 fully saturated rings. The number of anilines is 3. The highest BCUT2D eigenvalue weighted by atomic mass is 16.5. The number of hydrogen-bond acceptors (Lipinski definition) is 6. The smallest absolute Gasteiger partial charge is 0.322 e. The minimum absolute atomic E-state index is 0.159. The lowest BCUT2D eigenvalue weighted by Gasteiger charge is -2.29. The van der Waals surface area contributed by atoms with E-state index in [2.05, 4.69) is 15.6 Å². The first-order valence-electron chi connectivity index (χ1n) is 10.2. The van der Waals surface area contributed by atoms with E-state index in [1.807, 2.05) is 6.92 Å². The Morgan fingerprint density at radius 2 is 2.03 bits per heavy atom. The number of para-hydroxylation sites is 2. The number of carbonyl (C=O) groups is 3. The van der Waals surface area contributed by atoms with Crippen molar-refractivity contribution < 1.29 is 23.9 Å². The number of likely N-dealkylation sites (N-methyl/N-ethyl adjacent to an activating group) is 1. The summed E-state index contributed by atoms with van der Waals surface area (Å²) in [6.45, 7) is 2.47. The molecule has 32 heavy (non-hydrogen) atoms. The number of amides is 4. The summed E-state index contributed by atoms with van der Waals surface area (Å²) in [7, 11) is 3.11. The molecule has 2 heterocycles. The normalized spacial score (nSPS) is 15.3. The summed E-state index contributed by atoms with van der Waals surface area (Å²) in [4.78, 5) is 44.7. The Hall–Kier alpha value is -3.66. The zero-order chi connectivity index (χ0) is 23.1. The van der Waals surface area contributed by atoms with Crippen LogP contribution in [-0.2, 0) is 14.3 Å². The minimum Gasteiger partial charge on any atom is -0.475 e. The molecule has 2 N–H and O–H groups in total. The Kier molecular flexibility index (Phi) is 7.61. The molecular weight excluding hydrogens is 414 g/mol. The van der Waals surface area contributed by atoms with E-state index < -0.39 is 6.03 Å². The third-order valence-corrected chi connectivity index (χ3v) is 4.87. The van der Waals surface area contributed by atoms with E-state index in [4.69, 9.17) is 9.47 Å². The second-order valence-corrected chi connectivity index (χ2v) is 7.39. The van der Waals surface area contributed by atoms with Gasteiger partial charge in [0.1, 0.15) is 13.2 Å². The molecule has 10 heteroatoms. The largest absolute Gasteiger partial charge is 0.475 e. The number of hydrogen-bond donors (Lipinski definition) is 2. The summed E-state index contributed by atoms with van der Waals surface area (Å²) in [6, 6.07) is 9.60. The summed E-state index contributed by atoms with van der Waals surface area (Å²) >= 11 is 0. The Balaban J connectivity index is 1.62. The van der Waals surface area contributed by atoms with Gasteiger partial charge >= 0.3 is 6.03 Å². The summed E-state index contributed by atoms with van der Waals surface area (Å²) in [5, 5.41) is 5.52. The number of pyridine rings is 1. The number of nitrogens with zero attached hydrogens (tertiary/aromatic N) is 3. The molecule has 0 unspecified atom stereocenters. The number of aromatic nitrogens is 1. The SMILES string of the molecule is COCCOc1ccc(NC(=O)N(C)CC(=O)N2c3ccccc3NC(=O)C[C@@H]2C)cn1. The maximum Gasteiger partial charge on any atom is 0.322 e. The molecule has 1 aromatic carbocycles. The van der Waals surface area contributed by atoms with Gasteiger partial charge in [-0.2, -0.15) is 0 Å². The van der Waals surface area contributed by atoms with Gasteiger partial charge in [-0.25, -0.2) is 9.78 Å². The van der Waals surface area contributed by atoms with E-state index in [-0.39, 0.29) is 30.8 Å². The van der Waals surface area contributed by atoms with E-state index in [1.54, 1.807) is 48.4 Å². The summed E-state index contributed by atoms with van der Waals surface area (Å²) < 4.78 is 10.3. The summed E-state index contributed by atoms with van der Waals surface area (Å²) in [5.41, 5.74) is 1.65.